The number of hydrogen-bond donors (Lipinski definition) is 2. The Morgan fingerprint density at radius 2 is 1.48 bits per heavy atom. The van der Waals surface area contributed by atoms with Gasteiger partial charge < -0.3 is 19.7 Å². The minimum Gasteiger partial charge on any atom is -0.491 e. The Kier molecular flexibility index (Phi) is 10.2. The maximum Gasteiger partial charge on any atom is 0.156 e. The first-order valence-electron chi connectivity index (χ1n) is 10.4. The molecule has 0 saturated carbocycles. The van der Waals surface area contributed by atoms with Crippen LogP contribution in [0.5, 0.6) is 11.5 Å². The van der Waals surface area contributed by atoms with Crippen LogP contribution < -0.4 is 9.47 Å². The van der Waals surface area contributed by atoms with E-state index in [0.717, 1.165) is 11.1 Å². The van der Waals surface area contributed by atoms with E-state index >= 15 is 0 Å². The summed E-state index contributed by atoms with van der Waals surface area (Å²) in [6, 6.07) is 10.9. The molecule has 0 aliphatic carbocycles. The number of ether oxygens (including phenoxy) is 2. The molecule has 1 unspecified atom stereocenters. The number of hydrogen-bond acceptors (Lipinski definition) is 6. The normalized spacial score (nSPS) is 14.1. The Balaban J connectivity index is 2.15. The summed E-state index contributed by atoms with van der Waals surface area (Å²) >= 11 is 18.4. The topological polar surface area (TPSA) is 93.1 Å². The Morgan fingerprint density at radius 1 is 0.939 bits per heavy atom. The number of sulfone groups is 1. The van der Waals surface area contributed by atoms with Gasteiger partial charge >= 0.3 is 0 Å². The Bertz CT molecular complexity index is 1000. The summed E-state index contributed by atoms with van der Waals surface area (Å²) in [4.78, 5) is 0. The summed E-state index contributed by atoms with van der Waals surface area (Å²) in [5.41, 5.74) is 1.35. The molecule has 0 aliphatic rings. The minimum absolute atomic E-state index is 0.0577. The molecule has 0 bridgehead atoms. The molecule has 2 aromatic rings. The Morgan fingerprint density at radius 3 is 2.00 bits per heavy atom. The van der Waals surface area contributed by atoms with Gasteiger partial charge in [-0.2, -0.15) is 0 Å². The lowest BCUT2D eigenvalue weighted by Crippen LogP contribution is -2.28. The first-order chi connectivity index (χ1) is 15.4. The lowest BCUT2D eigenvalue weighted by atomic mass is 9.78. The van der Waals surface area contributed by atoms with Gasteiger partial charge in [0.25, 0.3) is 0 Å². The van der Waals surface area contributed by atoms with Gasteiger partial charge in [-0.05, 0) is 35.4 Å². The second kappa shape index (κ2) is 12.0. The van der Waals surface area contributed by atoms with E-state index in [1.165, 1.54) is 6.92 Å². The molecule has 2 N–H and O–H groups in total. The van der Waals surface area contributed by atoms with Crippen molar-refractivity contribution in [1.29, 1.82) is 0 Å². The number of rotatable bonds is 12. The average molecular weight is 540 g/mol. The van der Waals surface area contributed by atoms with Crippen molar-refractivity contribution in [3.63, 3.8) is 0 Å². The molecule has 0 amide bonds. The van der Waals surface area contributed by atoms with E-state index in [0.29, 0.717) is 5.75 Å². The summed E-state index contributed by atoms with van der Waals surface area (Å²) in [6.45, 7) is 5.41. The molecule has 33 heavy (non-hydrogen) atoms. The predicted molar refractivity (Wildman–Crippen MR) is 133 cm³/mol. The molecule has 0 radical (unpaired) electrons. The fourth-order valence-electron chi connectivity index (χ4n) is 3.07. The lowest BCUT2D eigenvalue weighted by molar-refractivity contribution is 0.125. The van der Waals surface area contributed by atoms with Crippen molar-refractivity contribution in [3.8, 4) is 11.5 Å². The van der Waals surface area contributed by atoms with E-state index in [4.69, 9.17) is 44.3 Å². The molecular weight excluding hydrogens is 511 g/mol. The van der Waals surface area contributed by atoms with Gasteiger partial charge in [0.1, 0.15) is 31.2 Å². The van der Waals surface area contributed by atoms with Crippen molar-refractivity contribution in [2.45, 2.75) is 38.4 Å². The zero-order valence-corrected chi connectivity index (χ0v) is 21.8. The average Bonchev–Trinajstić information content (AvgIpc) is 2.76. The van der Waals surface area contributed by atoms with Crippen LogP contribution in [0.2, 0.25) is 10.0 Å². The number of aliphatic hydroxyl groups excluding tert-OH is 2. The zero-order valence-electron chi connectivity index (χ0n) is 18.7. The Hall–Kier alpha value is -1.22. The lowest BCUT2D eigenvalue weighted by Gasteiger charge is -2.27. The fourth-order valence-corrected chi connectivity index (χ4v) is 4.67. The van der Waals surface area contributed by atoms with Crippen molar-refractivity contribution in [1.82, 2.24) is 0 Å². The van der Waals surface area contributed by atoms with Gasteiger partial charge in [-0.15, -0.1) is 11.6 Å². The van der Waals surface area contributed by atoms with E-state index in [-0.39, 0.29) is 40.6 Å². The second-order valence-corrected chi connectivity index (χ2v) is 11.7. The number of alkyl halides is 1. The molecule has 2 aromatic carbocycles. The number of aliphatic hydroxyl groups is 2. The van der Waals surface area contributed by atoms with Crippen molar-refractivity contribution in [3.05, 3.63) is 57.6 Å². The van der Waals surface area contributed by atoms with Crippen LogP contribution in [0.25, 0.3) is 0 Å². The standard InChI is InChI=1S/C23H29Cl3O6S/c1-4-33(29,30)14-18(28)13-32-22-20(25)9-16(10-21(22)26)23(2,3)15-5-7-19(8-6-15)31-12-17(27)11-24/h5-10,17-18,27-28H,4,11-14H2,1-3H3/t17?,18-/m0/s1. The third-order valence-corrected chi connectivity index (χ3v) is 7.91. The second-order valence-electron chi connectivity index (χ2n) is 8.20. The largest absolute Gasteiger partial charge is 0.491 e. The highest BCUT2D eigenvalue weighted by Crippen LogP contribution is 2.40. The molecule has 0 saturated heterocycles. The van der Waals surface area contributed by atoms with E-state index < -0.39 is 33.2 Å². The minimum atomic E-state index is -3.34. The highest BCUT2D eigenvalue weighted by Gasteiger charge is 2.26. The van der Waals surface area contributed by atoms with Gasteiger partial charge in [-0.25, -0.2) is 8.42 Å². The monoisotopic (exact) mass is 538 g/mol. The van der Waals surface area contributed by atoms with E-state index in [2.05, 4.69) is 0 Å². The quantitative estimate of drug-likeness (QED) is 0.387. The summed E-state index contributed by atoms with van der Waals surface area (Å²) in [6.07, 6.45) is -1.92. The van der Waals surface area contributed by atoms with Crippen LogP contribution in [-0.4, -0.2) is 61.4 Å². The van der Waals surface area contributed by atoms with Crippen LogP contribution in [0.1, 0.15) is 31.9 Å². The molecule has 0 aliphatic heterocycles. The maximum absolute atomic E-state index is 11.7. The summed E-state index contributed by atoms with van der Waals surface area (Å²) in [5, 5.41) is 20.0. The predicted octanol–water partition coefficient (Wildman–Crippen LogP) is 4.47. The van der Waals surface area contributed by atoms with Gasteiger partial charge in [-0.1, -0.05) is 56.1 Å². The van der Waals surface area contributed by atoms with Crippen LogP contribution in [0, 0.1) is 0 Å². The summed E-state index contributed by atoms with van der Waals surface area (Å²) < 4.78 is 34.4. The first-order valence-corrected chi connectivity index (χ1v) is 13.5. The van der Waals surface area contributed by atoms with Crippen molar-refractivity contribution >= 4 is 44.6 Å². The third kappa shape index (κ3) is 7.91. The molecule has 6 nitrogen and oxygen atoms in total. The molecule has 0 fully saturated rings. The van der Waals surface area contributed by atoms with Crippen LogP contribution >= 0.6 is 34.8 Å². The molecule has 2 atom stereocenters. The smallest absolute Gasteiger partial charge is 0.156 e. The van der Waals surface area contributed by atoms with Gasteiger partial charge in [-0.3, -0.25) is 0 Å². The highest BCUT2D eigenvalue weighted by atomic mass is 35.5. The van der Waals surface area contributed by atoms with Gasteiger partial charge in [0.2, 0.25) is 0 Å². The van der Waals surface area contributed by atoms with Gasteiger partial charge in [0, 0.05) is 11.2 Å². The highest BCUT2D eigenvalue weighted by molar-refractivity contribution is 7.91. The van der Waals surface area contributed by atoms with Crippen molar-refractivity contribution in [2.24, 2.45) is 0 Å². The number of benzene rings is 2. The SMILES string of the molecule is CCS(=O)(=O)C[C@@H](O)COc1c(Cl)cc(C(C)(C)c2ccc(OCC(O)CCl)cc2)cc1Cl. The van der Waals surface area contributed by atoms with E-state index in [1.54, 1.807) is 12.1 Å². The molecular formula is C23H29Cl3O6S. The Labute approximate surface area is 210 Å². The van der Waals surface area contributed by atoms with Crippen LogP contribution in [0.3, 0.4) is 0 Å². The van der Waals surface area contributed by atoms with Gasteiger partial charge in [0.05, 0.1) is 21.7 Å². The van der Waals surface area contributed by atoms with Crippen molar-refractivity contribution < 1.29 is 28.1 Å². The third-order valence-electron chi connectivity index (χ3n) is 5.22. The van der Waals surface area contributed by atoms with Crippen LogP contribution in [0.4, 0.5) is 0 Å². The zero-order chi connectivity index (χ0) is 24.8. The van der Waals surface area contributed by atoms with E-state index in [1.807, 2.05) is 38.1 Å². The maximum atomic E-state index is 11.7. The van der Waals surface area contributed by atoms with E-state index in [9.17, 15) is 18.6 Å². The molecule has 10 heteroatoms. The fraction of sp³-hybridized carbons (Fsp3) is 0.478. The molecule has 0 heterocycles. The van der Waals surface area contributed by atoms with Crippen LogP contribution in [0.15, 0.2) is 36.4 Å². The van der Waals surface area contributed by atoms with Crippen molar-refractivity contribution in [2.75, 3.05) is 30.6 Å². The van der Waals surface area contributed by atoms with Crippen LogP contribution in [-0.2, 0) is 15.3 Å². The summed E-state index contributed by atoms with van der Waals surface area (Å²) in [5.74, 6) is 0.449. The molecule has 2 rings (SSSR count). The molecule has 0 aromatic heterocycles. The molecule has 0 spiro atoms. The number of halogens is 3. The van der Waals surface area contributed by atoms with Gasteiger partial charge in [0.15, 0.2) is 15.6 Å². The molecule has 184 valence electrons. The first kappa shape index (κ1) is 28.0. The summed E-state index contributed by atoms with van der Waals surface area (Å²) in [7, 11) is -3.34.